The Kier molecular flexibility index (Phi) is 7.54. The number of nitrogens with zero attached hydrogens (tertiary/aromatic N) is 2. The van der Waals surface area contributed by atoms with Crippen LogP contribution >= 0.6 is 22.7 Å². The maximum absolute atomic E-state index is 6.36. The van der Waals surface area contributed by atoms with Gasteiger partial charge in [-0.3, -0.25) is 0 Å². The molecule has 0 fully saturated rings. The molecular weight excluding hydrogens is 709 g/mol. The Morgan fingerprint density at radius 3 is 1.11 bits per heavy atom. The summed E-state index contributed by atoms with van der Waals surface area (Å²) in [5.74, 6) is 0.985. The highest BCUT2D eigenvalue weighted by Crippen LogP contribution is 2.42. The molecule has 3 heterocycles. The van der Waals surface area contributed by atoms with Crippen molar-refractivity contribution in [2.75, 3.05) is 0 Å². The fourth-order valence-corrected chi connectivity index (χ4v) is 10.3. The van der Waals surface area contributed by atoms with E-state index in [1.165, 1.54) is 62.6 Å². The molecule has 0 aliphatic rings. The highest BCUT2D eigenvalue weighted by molar-refractivity contribution is 7.26. The zero-order chi connectivity index (χ0) is 36.3. The molecule has 5 heteroatoms. The lowest BCUT2D eigenvalue weighted by atomic mass is 9.97. The van der Waals surface area contributed by atoms with Crippen molar-refractivity contribution in [2.45, 2.75) is 0 Å². The van der Waals surface area contributed by atoms with Crippen LogP contribution in [0.1, 0.15) is 0 Å². The number of aromatic nitrogens is 2. The van der Waals surface area contributed by atoms with Crippen molar-refractivity contribution in [3.8, 4) is 67.4 Å². The third kappa shape index (κ3) is 5.56. The van der Waals surface area contributed by atoms with Gasteiger partial charge in [-0.05, 0) is 93.0 Å². The number of fused-ring (bicyclic) bond motifs is 6. The molecule has 3 nitrogen and oxygen atoms in total. The number of benzene rings is 8. The minimum atomic E-state index is 0.492. The van der Waals surface area contributed by atoms with E-state index in [0.717, 1.165) is 33.4 Å². The van der Waals surface area contributed by atoms with Crippen molar-refractivity contribution in [1.29, 1.82) is 0 Å². The first-order valence-electron chi connectivity index (χ1n) is 18.3. The molecule has 8 aromatic carbocycles. The van der Waals surface area contributed by atoms with E-state index in [2.05, 4.69) is 180 Å². The number of thiophene rings is 2. The fraction of sp³-hybridized carbons (Fsp3) is 0. The van der Waals surface area contributed by atoms with Crippen LogP contribution in [0.15, 0.2) is 186 Å². The summed E-state index contributed by atoms with van der Waals surface area (Å²) in [5.41, 5.74) is 11.1. The van der Waals surface area contributed by atoms with E-state index < -0.39 is 0 Å². The van der Waals surface area contributed by atoms with Crippen LogP contribution in [0.25, 0.3) is 108 Å². The number of hydrogen-bond acceptors (Lipinski definition) is 5. The smallest absolute Gasteiger partial charge is 0.248 e. The molecule has 0 aliphatic heterocycles. The van der Waals surface area contributed by atoms with E-state index >= 15 is 0 Å². The molecule has 0 unspecified atom stereocenters. The normalized spacial score (nSPS) is 11.6. The summed E-state index contributed by atoms with van der Waals surface area (Å²) in [5, 5.41) is 14.2. The van der Waals surface area contributed by atoms with Gasteiger partial charge < -0.3 is 4.42 Å². The molecule has 55 heavy (non-hydrogen) atoms. The minimum Gasteiger partial charge on any atom is -0.416 e. The quantitative estimate of drug-likeness (QED) is 0.170. The lowest BCUT2D eigenvalue weighted by Gasteiger charge is -2.08. The summed E-state index contributed by atoms with van der Waals surface area (Å²) in [6.45, 7) is 0. The van der Waals surface area contributed by atoms with E-state index in [4.69, 9.17) is 4.42 Å². The molecule has 0 radical (unpaired) electrons. The molecule has 0 saturated carbocycles. The van der Waals surface area contributed by atoms with Crippen molar-refractivity contribution in [3.05, 3.63) is 182 Å². The van der Waals surface area contributed by atoms with Gasteiger partial charge in [0.25, 0.3) is 0 Å². The zero-order valence-electron chi connectivity index (χ0n) is 29.4. The van der Waals surface area contributed by atoms with Gasteiger partial charge in [-0.1, -0.05) is 133 Å². The topological polar surface area (TPSA) is 38.9 Å². The average molecular weight is 739 g/mol. The van der Waals surface area contributed by atoms with Gasteiger partial charge in [0.15, 0.2) is 0 Å². The van der Waals surface area contributed by atoms with E-state index in [1.807, 2.05) is 34.8 Å². The highest BCUT2D eigenvalue weighted by atomic mass is 32.1. The third-order valence-electron chi connectivity index (χ3n) is 10.5. The summed E-state index contributed by atoms with van der Waals surface area (Å²) in [6, 6.07) is 64.8. The molecule has 0 N–H and O–H groups in total. The first-order chi connectivity index (χ1) is 27.2. The third-order valence-corrected chi connectivity index (χ3v) is 12.9. The monoisotopic (exact) mass is 738 g/mol. The van der Waals surface area contributed by atoms with Crippen molar-refractivity contribution < 1.29 is 4.42 Å². The van der Waals surface area contributed by atoms with Gasteiger partial charge in [0.2, 0.25) is 11.8 Å². The molecule has 0 atom stereocenters. The van der Waals surface area contributed by atoms with Crippen LogP contribution in [0.3, 0.4) is 0 Å². The van der Waals surface area contributed by atoms with Crippen LogP contribution < -0.4 is 0 Å². The molecule has 3 aromatic heterocycles. The van der Waals surface area contributed by atoms with Crippen molar-refractivity contribution in [1.82, 2.24) is 10.2 Å². The number of rotatable bonds is 6. The lowest BCUT2D eigenvalue weighted by Crippen LogP contribution is -1.84. The van der Waals surface area contributed by atoms with Gasteiger partial charge in [0.1, 0.15) is 0 Å². The van der Waals surface area contributed by atoms with Crippen LogP contribution in [0.2, 0.25) is 0 Å². The Balaban J connectivity index is 0.893. The van der Waals surface area contributed by atoms with Gasteiger partial charge in [-0.25, -0.2) is 0 Å². The summed E-state index contributed by atoms with van der Waals surface area (Å²) >= 11 is 3.71. The Hall–Kier alpha value is -6.66. The molecule has 0 spiro atoms. The summed E-state index contributed by atoms with van der Waals surface area (Å²) in [7, 11) is 0. The molecule has 11 rings (SSSR count). The van der Waals surface area contributed by atoms with Gasteiger partial charge in [0.05, 0.1) is 0 Å². The maximum Gasteiger partial charge on any atom is 0.248 e. The molecule has 11 aromatic rings. The van der Waals surface area contributed by atoms with E-state index in [1.54, 1.807) is 0 Å². The van der Waals surface area contributed by atoms with Crippen molar-refractivity contribution >= 4 is 63.0 Å². The zero-order valence-corrected chi connectivity index (χ0v) is 31.1. The lowest BCUT2D eigenvalue weighted by molar-refractivity contribution is 0.584. The van der Waals surface area contributed by atoms with Crippen LogP contribution in [0, 0.1) is 0 Å². The molecule has 258 valence electrons. The highest BCUT2D eigenvalue weighted by Gasteiger charge is 2.15. The Morgan fingerprint density at radius 1 is 0.309 bits per heavy atom. The van der Waals surface area contributed by atoms with E-state index in [9.17, 15) is 0 Å². The predicted molar refractivity (Wildman–Crippen MR) is 233 cm³/mol. The summed E-state index contributed by atoms with van der Waals surface area (Å²) in [4.78, 5) is 0. The maximum atomic E-state index is 6.36. The molecule has 0 saturated heterocycles. The van der Waals surface area contributed by atoms with Crippen LogP contribution in [-0.2, 0) is 0 Å². The van der Waals surface area contributed by atoms with E-state index in [0.29, 0.717) is 11.8 Å². The first kappa shape index (κ1) is 31.8. The van der Waals surface area contributed by atoms with Crippen LogP contribution in [0.5, 0.6) is 0 Å². The minimum absolute atomic E-state index is 0.492. The second-order valence-corrected chi connectivity index (χ2v) is 15.9. The Bertz CT molecular complexity index is 3020. The van der Waals surface area contributed by atoms with Crippen LogP contribution in [-0.4, -0.2) is 10.2 Å². The summed E-state index contributed by atoms with van der Waals surface area (Å²) < 4.78 is 11.6. The largest absolute Gasteiger partial charge is 0.416 e. The van der Waals surface area contributed by atoms with Crippen molar-refractivity contribution in [2.24, 2.45) is 0 Å². The summed E-state index contributed by atoms with van der Waals surface area (Å²) in [6.07, 6.45) is 0. The second kappa shape index (κ2) is 13.0. The standard InChI is InChI=1S/C50H30N2OS2/c1-3-25-45-41(19-1)43-23-9-21-39(47(43)54-45)35-15-5-11-31(27-35)33-13-7-17-37(29-33)49-51-52-50(53-49)38-18-8-14-34(30-38)32-12-6-16-36(28-32)40-22-10-24-44-42-20-2-4-26-46(42)55-48(40)44/h1-30H. The fourth-order valence-electron chi connectivity index (χ4n) is 7.80. The molecular formula is C50H30N2OS2. The van der Waals surface area contributed by atoms with Gasteiger partial charge >= 0.3 is 0 Å². The molecule has 0 bridgehead atoms. The second-order valence-electron chi connectivity index (χ2n) is 13.8. The molecule has 0 aliphatic carbocycles. The number of hydrogen-bond donors (Lipinski definition) is 0. The molecule has 0 amide bonds. The van der Waals surface area contributed by atoms with Crippen LogP contribution in [0.4, 0.5) is 0 Å². The Morgan fingerprint density at radius 2 is 0.655 bits per heavy atom. The predicted octanol–water partition coefficient (Wildman–Crippen LogP) is 14.8. The SMILES string of the molecule is c1cc(-c2cccc(-c3cccc4c3sc3ccccc34)c2)cc(-c2nnc(-c3cccc(-c4cccc(-c5cccc6c5sc5ccccc56)c4)c3)o2)c1. The Labute approximate surface area is 325 Å². The van der Waals surface area contributed by atoms with Gasteiger partial charge in [0, 0.05) is 51.5 Å². The van der Waals surface area contributed by atoms with Gasteiger partial charge in [-0.2, -0.15) is 0 Å². The average Bonchev–Trinajstić information content (AvgIpc) is 4.00. The van der Waals surface area contributed by atoms with E-state index in [-0.39, 0.29) is 0 Å². The first-order valence-corrected chi connectivity index (χ1v) is 19.9. The van der Waals surface area contributed by atoms with Crippen molar-refractivity contribution in [3.63, 3.8) is 0 Å². The van der Waals surface area contributed by atoms with Gasteiger partial charge in [-0.15, -0.1) is 32.9 Å².